The molecule has 0 bridgehead atoms. The van der Waals surface area contributed by atoms with Crippen molar-refractivity contribution in [3.05, 3.63) is 69.8 Å². The Balaban J connectivity index is 2.05. The fraction of sp³-hybridized carbons (Fsp3) is 0.0714. The van der Waals surface area contributed by atoms with Gasteiger partial charge in [-0.1, -0.05) is 18.2 Å². The van der Waals surface area contributed by atoms with Crippen LogP contribution in [0.25, 0.3) is 0 Å². The molecule has 0 atom stereocenters. The predicted octanol–water partition coefficient (Wildman–Crippen LogP) is 1.81. The Morgan fingerprint density at radius 3 is 2.43 bits per heavy atom. The second-order valence-corrected chi connectivity index (χ2v) is 4.29. The van der Waals surface area contributed by atoms with Gasteiger partial charge in [0, 0.05) is 29.4 Å². The van der Waals surface area contributed by atoms with E-state index in [1.807, 2.05) is 0 Å². The summed E-state index contributed by atoms with van der Waals surface area (Å²) in [6, 6.07) is 12.9. The highest BCUT2D eigenvalue weighted by Gasteiger charge is 2.13. The van der Waals surface area contributed by atoms with Crippen LogP contribution >= 0.6 is 0 Å². The van der Waals surface area contributed by atoms with E-state index in [0.29, 0.717) is 16.8 Å². The molecule has 7 heteroatoms. The number of carbonyl (C=O) groups excluding carboxylic acids is 1. The van der Waals surface area contributed by atoms with Gasteiger partial charge in [-0.05, 0) is 24.3 Å². The third-order valence-corrected chi connectivity index (χ3v) is 2.94. The zero-order valence-corrected chi connectivity index (χ0v) is 11.1. The van der Waals surface area contributed by atoms with Gasteiger partial charge in [0.15, 0.2) is 0 Å². The van der Waals surface area contributed by atoms with Crippen molar-refractivity contribution < 1.29 is 9.72 Å². The molecule has 21 heavy (non-hydrogen) atoms. The molecule has 7 nitrogen and oxygen atoms in total. The van der Waals surface area contributed by atoms with Crippen molar-refractivity contribution >= 4 is 17.3 Å². The van der Waals surface area contributed by atoms with E-state index in [1.54, 1.807) is 42.5 Å². The lowest BCUT2D eigenvalue weighted by molar-refractivity contribution is -0.385. The van der Waals surface area contributed by atoms with Crippen LogP contribution in [0.1, 0.15) is 15.9 Å². The average Bonchev–Trinajstić information content (AvgIpc) is 2.52. The summed E-state index contributed by atoms with van der Waals surface area (Å²) in [5.41, 5.74) is 4.04. The number of benzene rings is 2. The Morgan fingerprint density at radius 1 is 1.14 bits per heavy atom. The van der Waals surface area contributed by atoms with Crippen molar-refractivity contribution in [3.63, 3.8) is 0 Å². The van der Waals surface area contributed by atoms with Crippen LogP contribution < -0.4 is 16.6 Å². The maximum Gasteiger partial charge on any atom is 0.274 e. The summed E-state index contributed by atoms with van der Waals surface area (Å²) in [4.78, 5) is 22.4. The van der Waals surface area contributed by atoms with E-state index >= 15 is 0 Å². The standard InChI is InChI=1S/C14H14N4O3/c15-17-12-7-5-10(6-8-12)14(19)16-9-11-3-1-2-4-13(11)18(20)21/h1-8,17H,9,15H2,(H,16,19). The van der Waals surface area contributed by atoms with Gasteiger partial charge in [-0.2, -0.15) is 0 Å². The summed E-state index contributed by atoms with van der Waals surface area (Å²) in [7, 11) is 0. The highest BCUT2D eigenvalue weighted by atomic mass is 16.6. The topological polar surface area (TPSA) is 110 Å². The fourth-order valence-electron chi connectivity index (χ4n) is 1.83. The maximum atomic E-state index is 12.0. The van der Waals surface area contributed by atoms with Crippen LogP contribution in [0, 0.1) is 10.1 Å². The van der Waals surface area contributed by atoms with E-state index in [2.05, 4.69) is 10.7 Å². The number of nitrogens with zero attached hydrogens (tertiary/aromatic N) is 1. The smallest absolute Gasteiger partial charge is 0.274 e. The Kier molecular flexibility index (Phi) is 4.47. The zero-order chi connectivity index (χ0) is 15.2. The lowest BCUT2D eigenvalue weighted by Crippen LogP contribution is -2.23. The fourth-order valence-corrected chi connectivity index (χ4v) is 1.83. The number of anilines is 1. The summed E-state index contributed by atoms with van der Waals surface area (Å²) in [6.07, 6.45) is 0. The van der Waals surface area contributed by atoms with Crippen molar-refractivity contribution in [1.29, 1.82) is 0 Å². The number of carbonyl (C=O) groups is 1. The normalized spacial score (nSPS) is 9.95. The number of hydrazine groups is 1. The molecule has 0 aromatic heterocycles. The van der Waals surface area contributed by atoms with Gasteiger partial charge >= 0.3 is 0 Å². The molecule has 2 aromatic rings. The number of hydrogen-bond donors (Lipinski definition) is 3. The number of nitro benzene ring substituents is 1. The van der Waals surface area contributed by atoms with Gasteiger partial charge in [-0.15, -0.1) is 0 Å². The monoisotopic (exact) mass is 286 g/mol. The summed E-state index contributed by atoms with van der Waals surface area (Å²) < 4.78 is 0. The van der Waals surface area contributed by atoms with Crippen LogP contribution in [0.5, 0.6) is 0 Å². The molecule has 0 aliphatic rings. The van der Waals surface area contributed by atoms with Crippen molar-refractivity contribution in [1.82, 2.24) is 5.32 Å². The van der Waals surface area contributed by atoms with Crippen molar-refractivity contribution in [2.75, 3.05) is 5.43 Å². The Hall–Kier alpha value is -2.93. The SMILES string of the molecule is NNc1ccc(C(=O)NCc2ccccc2[N+](=O)[O-])cc1. The molecule has 0 heterocycles. The number of rotatable bonds is 5. The van der Waals surface area contributed by atoms with E-state index in [1.165, 1.54) is 6.07 Å². The summed E-state index contributed by atoms with van der Waals surface area (Å²) in [5, 5.41) is 13.5. The molecular weight excluding hydrogens is 272 g/mol. The maximum absolute atomic E-state index is 12.0. The van der Waals surface area contributed by atoms with Crippen LogP contribution in [-0.2, 0) is 6.54 Å². The van der Waals surface area contributed by atoms with Crippen LogP contribution in [0.15, 0.2) is 48.5 Å². The Morgan fingerprint density at radius 2 is 1.81 bits per heavy atom. The largest absolute Gasteiger partial charge is 0.348 e. The Bertz CT molecular complexity index is 656. The summed E-state index contributed by atoms with van der Waals surface area (Å²) in [6.45, 7) is 0.0902. The molecular formula is C14H14N4O3. The molecule has 2 rings (SSSR count). The van der Waals surface area contributed by atoms with E-state index in [-0.39, 0.29) is 18.1 Å². The molecule has 0 spiro atoms. The highest BCUT2D eigenvalue weighted by molar-refractivity contribution is 5.94. The lowest BCUT2D eigenvalue weighted by atomic mass is 10.1. The minimum Gasteiger partial charge on any atom is -0.348 e. The van der Waals surface area contributed by atoms with Gasteiger partial charge in [0.1, 0.15) is 0 Å². The number of nitrogens with one attached hydrogen (secondary N) is 2. The number of nitro groups is 1. The quantitative estimate of drug-likeness (QED) is 0.441. The van der Waals surface area contributed by atoms with Gasteiger partial charge in [0.2, 0.25) is 0 Å². The molecule has 108 valence electrons. The molecule has 1 amide bonds. The van der Waals surface area contributed by atoms with Crippen molar-refractivity contribution in [2.24, 2.45) is 5.84 Å². The number of nitrogen functional groups attached to an aromatic ring is 1. The number of nitrogens with two attached hydrogens (primary N) is 1. The molecule has 0 aliphatic heterocycles. The minimum absolute atomic E-state index is 0.0134. The first-order valence-electron chi connectivity index (χ1n) is 6.19. The molecule has 2 aromatic carbocycles. The van der Waals surface area contributed by atoms with Gasteiger partial charge in [-0.3, -0.25) is 20.8 Å². The summed E-state index contributed by atoms with van der Waals surface area (Å²) in [5.74, 6) is 4.93. The number of amides is 1. The van der Waals surface area contributed by atoms with Crippen molar-refractivity contribution in [3.8, 4) is 0 Å². The van der Waals surface area contributed by atoms with Gasteiger partial charge in [0.25, 0.3) is 11.6 Å². The van der Waals surface area contributed by atoms with Gasteiger partial charge < -0.3 is 10.7 Å². The van der Waals surface area contributed by atoms with Crippen LogP contribution in [-0.4, -0.2) is 10.8 Å². The van der Waals surface area contributed by atoms with Crippen LogP contribution in [0.2, 0.25) is 0 Å². The van der Waals surface area contributed by atoms with Crippen LogP contribution in [0.4, 0.5) is 11.4 Å². The molecule has 0 fully saturated rings. The van der Waals surface area contributed by atoms with Crippen LogP contribution in [0.3, 0.4) is 0 Å². The van der Waals surface area contributed by atoms with E-state index in [4.69, 9.17) is 5.84 Å². The second kappa shape index (κ2) is 6.49. The van der Waals surface area contributed by atoms with E-state index in [0.717, 1.165) is 0 Å². The molecule has 0 aliphatic carbocycles. The third-order valence-electron chi connectivity index (χ3n) is 2.94. The third kappa shape index (κ3) is 3.54. The summed E-state index contributed by atoms with van der Waals surface area (Å²) >= 11 is 0. The zero-order valence-electron chi connectivity index (χ0n) is 11.1. The molecule has 0 saturated carbocycles. The Labute approximate surface area is 120 Å². The first-order chi connectivity index (χ1) is 10.1. The molecule has 4 N–H and O–H groups in total. The van der Waals surface area contributed by atoms with Crippen molar-refractivity contribution in [2.45, 2.75) is 6.54 Å². The molecule has 0 unspecified atom stereocenters. The molecule has 0 saturated heterocycles. The number of para-hydroxylation sites is 1. The minimum atomic E-state index is -0.469. The highest BCUT2D eigenvalue weighted by Crippen LogP contribution is 2.17. The van der Waals surface area contributed by atoms with E-state index < -0.39 is 4.92 Å². The predicted molar refractivity (Wildman–Crippen MR) is 78.5 cm³/mol. The van der Waals surface area contributed by atoms with Gasteiger partial charge in [-0.25, -0.2) is 0 Å². The first kappa shape index (κ1) is 14.5. The average molecular weight is 286 g/mol. The number of hydrogen-bond acceptors (Lipinski definition) is 5. The van der Waals surface area contributed by atoms with E-state index in [9.17, 15) is 14.9 Å². The van der Waals surface area contributed by atoms with Gasteiger partial charge in [0.05, 0.1) is 4.92 Å². The lowest BCUT2D eigenvalue weighted by Gasteiger charge is -2.07. The second-order valence-electron chi connectivity index (χ2n) is 4.29. The molecule has 0 radical (unpaired) electrons. The first-order valence-corrected chi connectivity index (χ1v) is 6.19.